The van der Waals surface area contributed by atoms with Crippen molar-refractivity contribution in [3.63, 3.8) is 0 Å². The minimum atomic E-state index is -0.747. The van der Waals surface area contributed by atoms with Crippen molar-refractivity contribution in [2.75, 3.05) is 30.5 Å². The van der Waals surface area contributed by atoms with Crippen molar-refractivity contribution >= 4 is 34.9 Å². The molecule has 172 valence electrons. The molecule has 2 amide bonds. The third kappa shape index (κ3) is 5.97. The first kappa shape index (κ1) is 23.4. The molecule has 2 N–H and O–H groups in total. The van der Waals surface area contributed by atoms with Crippen molar-refractivity contribution in [3.8, 4) is 11.8 Å². The van der Waals surface area contributed by atoms with Crippen LogP contribution in [-0.4, -0.2) is 42.7 Å². The summed E-state index contributed by atoms with van der Waals surface area (Å²) < 4.78 is 25.1. The van der Waals surface area contributed by atoms with E-state index in [0.29, 0.717) is 24.5 Å². The number of hydrogen-bond donors (Lipinski definition) is 2. The number of benzene rings is 2. The van der Waals surface area contributed by atoms with Gasteiger partial charge in [-0.2, -0.15) is 0 Å². The molecule has 1 aromatic heterocycles. The summed E-state index contributed by atoms with van der Waals surface area (Å²) >= 11 is 6.16. The van der Waals surface area contributed by atoms with E-state index in [4.69, 9.17) is 21.1 Å². The first-order valence-electron chi connectivity index (χ1n) is 10.3. The zero-order valence-electron chi connectivity index (χ0n) is 17.8. The van der Waals surface area contributed by atoms with Crippen LogP contribution in [0.25, 0.3) is 0 Å². The Morgan fingerprint density at radius 3 is 2.56 bits per heavy atom. The second-order valence-electron chi connectivity index (χ2n) is 7.24. The topological polar surface area (TPSA) is 89.6 Å². The summed E-state index contributed by atoms with van der Waals surface area (Å²) in [5.74, 6) is 3.63. The van der Waals surface area contributed by atoms with E-state index in [9.17, 15) is 14.0 Å². The maximum absolute atomic E-state index is 14.5. The molecule has 0 bridgehead atoms. The lowest BCUT2D eigenvalue weighted by Gasteiger charge is -2.22. The molecule has 0 spiro atoms. The van der Waals surface area contributed by atoms with Gasteiger partial charge < -0.3 is 20.1 Å². The number of nitrogens with zero attached hydrogens (tertiary/aromatic N) is 1. The van der Waals surface area contributed by atoms with Crippen molar-refractivity contribution in [1.82, 2.24) is 4.98 Å². The molecule has 1 aliphatic heterocycles. The van der Waals surface area contributed by atoms with Gasteiger partial charge in [0.05, 0.1) is 30.4 Å². The molecule has 1 saturated heterocycles. The van der Waals surface area contributed by atoms with E-state index in [2.05, 4.69) is 27.5 Å². The number of carbonyl (C=O) groups is 2. The van der Waals surface area contributed by atoms with Gasteiger partial charge in [0.25, 0.3) is 11.8 Å². The maximum Gasteiger partial charge on any atom is 0.258 e. The van der Waals surface area contributed by atoms with Crippen LogP contribution in [0.2, 0.25) is 5.02 Å². The summed E-state index contributed by atoms with van der Waals surface area (Å²) in [5, 5.41) is 5.18. The summed E-state index contributed by atoms with van der Waals surface area (Å²) in [4.78, 5) is 29.0. The van der Waals surface area contributed by atoms with E-state index in [-0.39, 0.29) is 23.0 Å². The second kappa shape index (κ2) is 10.9. The number of rotatable bonds is 4. The third-order valence-electron chi connectivity index (χ3n) is 4.78. The third-order valence-corrected chi connectivity index (χ3v) is 5.11. The Morgan fingerprint density at radius 2 is 1.82 bits per heavy atom. The number of carbonyl (C=O) groups excluding carboxylic acids is 2. The van der Waals surface area contributed by atoms with E-state index in [1.807, 2.05) is 30.3 Å². The fourth-order valence-electron chi connectivity index (χ4n) is 3.08. The molecule has 2 heterocycles. The molecule has 7 nitrogen and oxygen atoms in total. The molecule has 34 heavy (non-hydrogen) atoms. The highest BCUT2D eigenvalue weighted by Crippen LogP contribution is 2.23. The minimum Gasteiger partial charge on any atom is -0.376 e. The van der Waals surface area contributed by atoms with E-state index >= 15 is 0 Å². The Bertz CT molecular complexity index is 1270. The van der Waals surface area contributed by atoms with Crippen LogP contribution in [0.5, 0.6) is 0 Å². The molecule has 1 atom stereocenters. The molecule has 2 aromatic carbocycles. The van der Waals surface area contributed by atoms with Gasteiger partial charge in [0.2, 0.25) is 0 Å². The Morgan fingerprint density at radius 1 is 1.03 bits per heavy atom. The zero-order valence-corrected chi connectivity index (χ0v) is 18.6. The van der Waals surface area contributed by atoms with E-state index in [1.165, 1.54) is 24.4 Å². The summed E-state index contributed by atoms with van der Waals surface area (Å²) in [6.07, 6.45) is 0.613. The predicted molar refractivity (Wildman–Crippen MR) is 125 cm³/mol. The fraction of sp³-hybridized carbons (Fsp3) is 0.160. The molecule has 0 saturated carbocycles. The van der Waals surface area contributed by atoms with E-state index in [1.54, 1.807) is 6.07 Å². The van der Waals surface area contributed by atoms with Crippen molar-refractivity contribution in [2.45, 2.75) is 6.10 Å². The smallest absolute Gasteiger partial charge is 0.258 e. The van der Waals surface area contributed by atoms with Gasteiger partial charge in [0.15, 0.2) is 17.7 Å². The van der Waals surface area contributed by atoms with Crippen molar-refractivity contribution in [1.29, 1.82) is 0 Å². The van der Waals surface area contributed by atoms with Crippen LogP contribution >= 0.6 is 11.6 Å². The average molecular weight is 480 g/mol. The van der Waals surface area contributed by atoms with E-state index < -0.39 is 23.7 Å². The van der Waals surface area contributed by atoms with Gasteiger partial charge in [0, 0.05) is 23.0 Å². The number of halogens is 2. The predicted octanol–water partition coefficient (Wildman–Crippen LogP) is 3.88. The van der Waals surface area contributed by atoms with Gasteiger partial charge in [-0.1, -0.05) is 41.6 Å². The molecule has 1 fully saturated rings. The summed E-state index contributed by atoms with van der Waals surface area (Å²) in [5.41, 5.74) is 1.50. The van der Waals surface area contributed by atoms with Crippen LogP contribution < -0.4 is 10.6 Å². The Kier molecular flexibility index (Phi) is 7.50. The molecule has 3 aromatic rings. The van der Waals surface area contributed by atoms with Crippen LogP contribution in [0.1, 0.15) is 21.5 Å². The normalized spacial score (nSPS) is 15.1. The highest BCUT2D eigenvalue weighted by atomic mass is 35.5. The number of nitrogens with one attached hydrogen (secondary N) is 2. The number of ether oxygens (including phenoxy) is 2. The fourth-order valence-corrected chi connectivity index (χ4v) is 3.28. The highest BCUT2D eigenvalue weighted by Gasteiger charge is 2.23. The van der Waals surface area contributed by atoms with Crippen molar-refractivity contribution in [2.24, 2.45) is 0 Å². The largest absolute Gasteiger partial charge is 0.376 e. The van der Waals surface area contributed by atoms with Crippen LogP contribution in [0.3, 0.4) is 0 Å². The summed E-state index contributed by atoms with van der Waals surface area (Å²) in [7, 11) is 0. The first-order chi connectivity index (χ1) is 16.5. The number of hydrogen-bond acceptors (Lipinski definition) is 5. The lowest BCUT2D eigenvalue weighted by molar-refractivity contribution is -0.142. The molecule has 4 rings (SSSR count). The number of amides is 2. The Labute approximate surface area is 200 Å². The van der Waals surface area contributed by atoms with Gasteiger partial charge in [-0.05, 0) is 36.4 Å². The number of aromatic nitrogens is 1. The SMILES string of the molecule is O=C(Nc1ncc(C#Cc2ccccc2)cc1F)c1cc(NC(=O)C2COCCO2)ccc1Cl. The second-order valence-corrected chi connectivity index (χ2v) is 7.65. The molecule has 9 heteroatoms. The van der Waals surface area contributed by atoms with Gasteiger partial charge in [-0.25, -0.2) is 9.37 Å². The van der Waals surface area contributed by atoms with Crippen LogP contribution in [0.15, 0.2) is 60.8 Å². The van der Waals surface area contributed by atoms with Gasteiger partial charge in [0.1, 0.15) is 0 Å². The highest BCUT2D eigenvalue weighted by molar-refractivity contribution is 6.34. The monoisotopic (exact) mass is 479 g/mol. The van der Waals surface area contributed by atoms with Crippen molar-refractivity contribution < 1.29 is 23.5 Å². The Hall–Kier alpha value is -3.77. The van der Waals surface area contributed by atoms with Crippen LogP contribution in [0.4, 0.5) is 15.9 Å². The standard InChI is InChI=1S/C25H19ClFN3O4/c26-20-9-8-18(29-25(32)22-15-33-10-11-34-22)13-19(20)24(31)30-23-21(27)12-17(14-28-23)7-6-16-4-2-1-3-5-16/h1-5,8-9,12-14,22H,10-11,15H2,(H,29,32)(H,28,30,31). The van der Waals surface area contributed by atoms with Crippen molar-refractivity contribution in [3.05, 3.63) is 88.3 Å². The molecular weight excluding hydrogens is 461 g/mol. The number of pyridine rings is 1. The average Bonchev–Trinajstić information content (AvgIpc) is 2.86. The van der Waals surface area contributed by atoms with Gasteiger partial charge >= 0.3 is 0 Å². The van der Waals surface area contributed by atoms with Crippen LogP contribution in [-0.2, 0) is 14.3 Å². The molecule has 1 aliphatic rings. The minimum absolute atomic E-state index is 0.0365. The van der Waals surface area contributed by atoms with Crippen LogP contribution in [0, 0.1) is 17.7 Å². The molecule has 1 unspecified atom stereocenters. The van der Waals surface area contributed by atoms with E-state index in [0.717, 1.165) is 5.56 Å². The molecular formula is C25H19ClFN3O4. The molecule has 0 aliphatic carbocycles. The maximum atomic E-state index is 14.5. The van der Waals surface area contributed by atoms with Gasteiger partial charge in [-0.3, -0.25) is 9.59 Å². The lowest BCUT2D eigenvalue weighted by atomic mass is 10.1. The summed E-state index contributed by atoms with van der Waals surface area (Å²) in [6, 6.07) is 14.8. The van der Waals surface area contributed by atoms with Gasteiger partial charge in [-0.15, -0.1) is 0 Å². The number of anilines is 2. The zero-order chi connectivity index (χ0) is 23.9. The Balaban J connectivity index is 1.45. The lowest BCUT2D eigenvalue weighted by Crippen LogP contribution is -2.39. The quantitative estimate of drug-likeness (QED) is 0.554. The molecule has 0 radical (unpaired) electrons. The first-order valence-corrected chi connectivity index (χ1v) is 10.7. The summed E-state index contributed by atoms with van der Waals surface area (Å²) in [6.45, 7) is 0.894.